The number of nitriles is 1. The Kier molecular flexibility index (Phi) is 5.06. The normalized spacial score (nSPS) is 10.4. The van der Waals surface area contributed by atoms with E-state index < -0.39 is 5.91 Å². The lowest BCUT2D eigenvalue weighted by Crippen LogP contribution is -2.10. The molecule has 2 N–H and O–H groups in total. The Morgan fingerprint density at radius 1 is 0.800 bits per heavy atom. The van der Waals surface area contributed by atoms with Gasteiger partial charge in [-0.2, -0.15) is 5.26 Å². The van der Waals surface area contributed by atoms with Crippen LogP contribution in [0.2, 0.25) is 0 Å². The van der Waals surface area contributed by atoms with Gasteiger partial charge in [-0.1, -0.05) is 36.4 Å². The van der Waals surface area contributed by atoms with Gasteiger partial charge in [-0.15, -0.1) is 0 Å². The van der Waals surface area contributed by atoms with Crippen molar-refractivity contribution in [1.82, 2.24) is 4.98 Å². The van der Waals surface area contributed by atoms with E-state index in [0.717, 1.165) is 16.7 Å². The van der Waals surface area contributed by atoms with Crippen LogP contribution in [-0.4, -0.2) is 10.9 Å². The summed E-state index contributed by atoms with van der Waals surface area (Å²) in [5.41, 5.74) is 10.8. The maximum absolute atomic E-state index is 13.8. The molecule has 0 atom stereocenters. The van der Waals surface area contributed by atoms with Crippen LogP contribution in [0.3, 0.4) is 0 Å². The molecule has 3 aromatic carbocycles. The highest BCUT2D eigenvalue weighted by atomic mass is 19.1. The van der Waals surface area contributed by atoms with Crippen LogP contribution >= 0.6 is 0 Å². The van der Waals surface area contributed by atoms with Crippen molar-refractivity contribution in [2.45, 2.75) is 0 Å². The average Bonchev–Trinajstić information content (AvgIpc) is 2.79. The van der Waals surface area contributed by atoms with E-state index in [1.807, 2.05) is 36.4 Å². The summed E-state index contributed by atoms with van der Waals surface area (Å²) in [4.78, 5) is 16.1. The van der Waals surface area contributed by atoms with Gasteiger partial charge in [-0.25, -0.2) is 9.37 Å². The summed E-state index contributed by atoms with van der Waals surface area (Å²) in [7, 11) is 0. The van der Waals surface area contributed by atoms with Crippen LogP contribution in [0.25, 0.3) is 33.6 Å². The van der Waals surface area contributed by atoms with Gasteiger partial charge in [-0.3, -0.25) is 4.79 Å². The summed E-state index contributed by atoms with van der Waals surface area (Å²) < 4.78 is 13.8. The van der Waals surface area contributed by atoms with Crippen LogP contribution in [0.15, 0.2) is 84.9 Å². The van der Waals surface area contributed by atoms with E-state index in [-0.39, 0.29) is 5.82 Å². The highest BCUT2D eigenvalue weighted by Crippen LogP contribution is 2.30. The summed E-state index contributed by atoms with van der Waals surface area (Å²) >= 11 is 0. The Labute approximate surface area is 173 Å². The summed E-state index contributed by atoms with van der Waals surface area (Å²) in [6, 6.07) is 26.2. The van der Waals surface area contributed by atoms with Crippen molar-refractivity contribution in [1.29, 1.82) is 5.26 Å². The van der Waals surface area contributed by atoms with Crippen molar-refractivity contribution < 1.29 is 9.18 Å². The summed E-state index contributed by atoms with van der Waals surface area (Å²) in [6.07, 6.45) is 0. The molecule has 0 saturated carbocycles. The second kappa shape index (κ2) is 7.98. The van der Waals surface area contributed by atoms with Crippen molar-refractivity contribution in [2.24, 2.45) is 5.73 Å². The van der Waals surface area contributed by atoms with Crippen molar-refractivity contribution in [3.63, 3.8) is 0 Å². The van der Waals surface area contributed by atoms with Crippen molar-refractivity contribution >= 4 is 5.91 Å². The van der Waals surface area contributed by atoms with Crippen LogP contribution in [0.4, 0.5) is 4.39 Å². The second-order valence-corrected chi connectivity index (χ2v) is 6.77. The third-order valence-electron chi connectivity index (χ3n) is 4.76. The molecule has 0 radical (unpaired) electrons. The molecule has 5 heteroatoms. The number of rotatable bonds is 4. The topological polar surface area (TPSA) is 79.8 Å². The predicted molar refractivity (Wildman–Crippen MR) is 114 cm³/mol. The Morgan fingerprint density at radius 2 is 1.43 bits per heavy atom. The van der Waals surface area contributed by atoms with Gasteiger partial charge in [0.15, 0.2) is 0 Å². The molecule has 0 unspecified atom stereocenters. The molecule has 0 saturated heterocycles. The largest absolute Gasteiger partial charge is 0.366 e. The van der Waals surface area contributed by atoms with Gasteiger partial charge in [0.05, 0.1) is 23.0 Å². The molecule has 144 valence electrons. The van der Waals surface area contributed by atoms with Crippen molar-refractivity contribution in [2.75, 3.05) is 0 Å². The average molecular weight is 393 g/mol. The molecule has 0 spiro atoms. The lowest BCUT2D eigenvalue weighted by Gasteiger charge is -2.11. The van der Waals surface area contributed by atoms with Gasteiger partial charge in [0.1, 0.15) is 5.82 Å². The van der Waals surface area contributed by atoms with Crippen LogP contribution < -0.4 is 5.73 Å². The zero-order valence-corrected chi connectivity index (χ0v) is 15.8. The van der Waals surface area contributed by atoms with E-state index in [1.54, 1.807) is 36.4 Å². The number of primary amides is 1. The Bertz CT molecular complexity index is 1270. The van der Waals surface area contributed by atoms with E-state index in [4.69, 9.17) is 16.0 Å². The number of hydrogen-bond donors (Lipinski definition) is 1. The Hall–Kier alpha value is -4.30. The number of carbonyl (C=O) groups is 1. The van der Waals surface area contributed by atoms with Gasteiger partial charge in [0.2, 0.25) is 5.91 Å². The highest BCUT2D eigenvalue weighted by molar-refractivity contribution is 5.93. The summed E-state index contributed by atoms with van der Waals surface area (Å²) in [5.74, 6) is -0.833. The first-order valence-corrected chi connectivity index (χ1v) is 9.22. The lowest BCUT2D eigenvalue weighted by molar-refractivity contribution is 0.100. The number of benzene rings is 3. The van der Waals surface area contributed by atoms with E-state index in [2.05, 4.69) is 6.07 Å². The fourth-order valence-corrected chi connectivity index (χ4v) is 3.18. The molecule has 30 heavy (non-hydrogen) atoms. The van der Waals surface area contributed by atoms with Crippen LogP contribution in [0.5, 0.6) is 0 Å². The number of halogens is 1. The molecule has 0 fully saturated rings. The summed E-state index contributed by atoms with van der Waals surface area (Å²) in [6.45, 7) is 0. The van der Waals surface area contributed by atoms with Crippen LogP contribution in [0, 0.1) is 17.1 Å². The molecule has 4 nitrogen and oxygen atoms in total. The predicted octanol–water partition coefficient (Wildman–Crippen LogP) is 5.19. The molecule has 1 amide bonds. The number of nitrogens with two attached hydrogens (primary N) is 1. The number of hydrogen-bond acceptors (Lipinski definition) is 3. The third-order valence-corrected chi connectivity index (χ3v) is 4.76. The fraction of sp³-hybridized carbons (Fsp3) is 0. The molecule has 0 bridgehead atoms. The standard InChI is InChI=1S/C25H16FN3O/c26-22-3-1-2-20(12-22)24-14-21(17-8-10-19(11-9-17)25(28)30)13-23(29-24)18-6-4-16(15-27)5-7-18/h1-14H,(H2,28,30). The van der Waals surface area contributed by atoms with Crippen molar-refractivity contribution in [3.8, 4) is 39.7 Å². The maximum atomic E-state index is 13.8. The third kappa shape index (κ3) is 3.94. The molecule has 0 aliphatic rings. The molecule has 4 rings (SSSR count). The Morgan fingerprint density at radius 3 is 2.03 bits per heavy atom. The number of pyridine rings is 1. The minimum atomic E-state index is -0.491. The number of carbonyl (C=O) groups excluding carboxylic acids is 1. The maximum Gasteiger partial charge on any atom is 0.248 e. The van der Waals surface area contributed by atoms with Crippen molar-refractivity contribution in [3.05, 3.63) is 102 Å². The zero-order valence-electron chi connectivity index (χ0n) is 15.8. The van der Waals surface area contributed by atoms with E-state index in [1.165, 1.54) is 12.1 Å². The molecular weight excluding hydrogens is 377 g/mol. The molecule has 1 heterocycles. The lowest BCUT2D eigenvalue weighted by atomic mass is 9.99. The smallest absolute Gasteiger partial charge is 0.248 e. The van der Waals surface area contributed by atoms with Gasteiger partial charge in [0, 0.05) is 16.7 Å². The summed E-state index contributed by atoms with van der Waals surface area (Å²) in [5, 5.41) is 9.04. The highest BCUT2D eigenvalue weighted by Gasteiger charge is 2.10. The van der Waals surface area contributed by atoms with E-state index >= 15 is 0 Å². The van der Waals surface area contributed by atoms with Crippen LogP contribution in [-0.2, 0) is 0 Å². The number of nitrogens with zero attached hydrogens (tertiary/aromatic N) is 2. The molecule has 0 aliphatic heterocycles. The minimum absolute atomic E-state index is 0.342. The molecule has 1 aromatic heterocycles. The minimum Gasteiger partial charge on any atom is -0.366 e. The van der Waals surface area contributed by atoms with Gasteiger partial charge in [0.25, 0.3) is 0 Å². The quantitative estimate of drug-likeness (QED) is 0.518. The Balaban J connectivity index is 1.87. The zero-order chi connectivity index (χ0) is 21.1. The molecule has 4 aromatic rings. The first-order chi connectivity index (χ1) is 14.5. The number of amides is 1. The van der Waals surface area contributed by atoms with Gasteiger partial charge in [-0.05, 0) is 59.7 Å². The monoisotopic (exact) mass is 393 g/mol. The SMILES string of the molecule is N#Cc1ccc(-c2cc(-c3ccc(C(N)=O)cc3)cc(-c3cccc(F)c3)n2)cc1. The first-order valence-electron chi connectivity index (χ1n) is 9.22. The fourth-order valence-electron chi connectivity index (χ4n) is 3.18. The van der Waals surface area contributed by atoms with E-state index in [0.29, 0.717) is 28.1 Å². The van der Waals surface area contributed by atoms with Gasteiger partial charge >= 0.3 is 0 Å². The van der Waals surface area contributed by atoms with E-state index in [9.17, 15) is 9.18 Å². The first kappa shape index (κ1) is 19.0. The second-order valence-electron chi connectivity index (χ2n) is 6.77. The van der Waals surface area contributed by atoms with Crippen LogP contribution in [0.1, 0.15) is 15.9 Å². The number of aromatic nitrogens is 1. The molecular formula is C25H16FN3O. The molecule has 0 aliphatic carbocycles. The van der Waals surface area contributed by atoms with Gasteiger partial charge < -0.3 is 5.73 Å².